The van der Waals surface area contributed by atoms with Crippen LogP contribution in [-0.2, 0) is 11.3 Å². The Morgan fingerprint density at radius 3 is 2.50 bits per heavy atom. The van der Waals surface area contributed by atoms with Gasteiger partial charge in [0.1, 0.15) is 12.4 Å². The first-order chi connectivity index (χ1) is 10.0. The highest BCUT2D eigenvalue weighted by atomic mass is 35.5. The van der Waals surface area contributed by atoms with Gasteiger partial charge in [-0.1, -0.05) is 26.0 Å². The van der Waals surface area contributed by atoms with Gasteiger partial charge >= 0.3 is 0 Å². The van der Waals surface area contributed by atoms with Gasteiger partial charge in [-0.25, -0.2) is 0 Å². The molecule has 126 valence electrons. The van der Waals surface area contributed by atoms with Gasteiger partial charge in [0.15, 0.2) is 0 Å². The number of ether oxygens (including phenoxy) is 2. The van der Waals surface area contributed by atoms with E-state index in [0.29, 0.717) is 19.3 Å². The van der Waals surface area contributed by atoms with Crippen molar-refractivity contribution in [3.8, 4) is 5.75 Å². The molecule has 1 aliphatic rings. The van der Waals surface area contributed by atoms with Crippen molar-refractivity contribution in [3.05, 3.63) is 29.8 Å². The Bertz CT molecular complexity index is 437. The predicted molar refractivity (Wildman–Crippen MR) is 92.7 cm³/mol. The SMILES string of the molecule is COCCOc1ccc(CN2CCC(N)C(C)(C)C2)cc1.Cl. The number of rotatable bonds is 6. The lowest BCUT2D eigenvalue weighted by Gasteiger charge is -2.42. The van der Waals surface area contributed by atoms with Crippen molar-refractivity contribution in [1.29, 1.82) is 0 Å². The molecule has 4 nitrogen and oxygen atoms in total. The number of piperidine rings is 1. The van der Waals surface area contributed by atoms with Gasteiger partial charge < -0.3 is 15.2 Å². The van der Waals surface area contributed by atoms with E-state index in [1.165, 1.54) is 5.56 Å². The Morgan fingerprint density at radius 1 is 1.23 bits per heavy atom. The van der Waals surface area contributed by atoms with Crippen LogP contribution >= 0.6 is 12.4 Å². The van der Waals surface area contributed by atoms with E-state index in [4.69, 9.17) is 15.2 Å². The lowest BCUT2D eigenvalue weighted by Crippen LogP contribution is -2.52. The first-order valence-corrected chi connectivity index (χ1v) is 7.70. The molecule has 0 bridgehead atoms. The molecule has 1 fully saturated rings. The summed E-state index contributed by atoms with van der Waals surface area (Å²) in [5, 5.41) is 0. The van der Waals surface area contributed by atoms with Crippen LogP contribution in [0.4, 0.5) is 0 Å². The van der Waals surface area contributed by atoms with E-state index in [1.54, 1.807) is 7.11 Å². The van der Waals surface area contributed by atoms with E-state index in [2.05, 4.69) is 30.9 Å². The van der Waals surface area contributed by atoms with Gasteiger partial charge in [0.2, 0.25) is 0 Å². The average Bonchev–Trinajstić information content (AvgIpc) is 2.45. The quantitative estimate of drug-likeness (QED) is 0.816. The third-order valence-corrected chi connectivity index (χ3v) is 4.28. The van der Waals surface area contributed by atoms with Crippen LogP contribution in [-0.4, -0.2) is 44.4 Å². The second kappa shape index (κ2) is 8.73. The summed E-state index contributed by atoms with van der Waals surface area (Å²) in [4.78, 5) is 2.49. The third-order valence-electron chi connectivity index (χ3n) is 4.28. The van der Waals surface area contributed by atoms with Crippen molar-refractivity contribution in [2.75, 3.05) is 33.4 Å². The summed E-state index contributed by atoms with van der Waals surface area (Å²) in [6, 6.07) is 8.66. The van der Waals surface area contributed by atoms with E-state index in [0.717, 1.165) is 31.8 Å². The Balaban J connectivity index is 0.00000242. The standard InChI is InChI=1S/C17H28N2O2.ClH/c1-17(2)13-19(9-8-16(17)18)12-14-4-6-15(7-5-14)21-11-10-20-3;/h4-7,16H,8-13,18H2,1-3H3;1H. The fourth-order valence-electron chi connectivity index (χ4n) is 2.81. The molecular weight excluding hydrogens is 300 g/mol. The molecule has 0 aromatic heterocycles. The van der Waals surface area contributed by atoms with Gasteiger partial charge in [-0.15, -0.1) is 12.4 Å². The second-order valence-electron chi connectivity index (χ2n) is 6.58. The number of likely N-dealkylation sites (tertiary alicyclic amines) is 1. The normalized spacial score (nSPS) is 21.2. The molecule has 1 aromatic rings. The fourth-order valence-corrected chi connectivity index (χ4v) is 2.81. The second-order valence-corrected chi connectivity index (χ2v) is 6.58. The summed E-state index contributed by atoms with van der Waals surface area (Å²) >= 11 is 0. The monoisotopic (exact) mass is 328 g/mol. The molecule has 2 rings (SSSR count). The summed E-state index contributed by atoms with van der Waals surface area (Å²) in [6.45, 7) is 8.84. The topological polar surface area (TPSA) is 47.7 Å². The number of halogens is 1. The highest BCUT2D eigenvalue weighted by Crippen LogP contribution is 2.28. The van der Waals surface area contributed by atoms with Crippen LogP contribution in [0.5, 0.6) is 5.75 Å². The van der Waals surface area contributed by atoms with Crippen LogP contribution in [0.2, 0.25) is 0 Å². The van der Waals surface area contributed by atoms with Crippen molar-refractivity contribution >= 4 is 12.4 Å². The minimum absolute atomic E-state index is 0. The minimum atomic E-state index is 0. The molecule has 0 amide bonds. The molecule has 0 spiro atoms. The molecule has 5 heteroatoms. The smallest absolute Gasteiger partial charge is 0.119 e. The molecule has 0 radical (unpaired) electrons. The molecule has 1 atom stereocenters. The molecule has 0 aliphatic carbocycles. The van der Waals surface area contributed by atoms with E-state index >= 15 is 0 Å². The van der Waals surface area contributed by atoms with Crippen molar-refractivity contribution in [2.45, 2.75) is 32.9 Å². The Morgan fingerprint density at radius 2 is 1.91 bits per heavy atom. The van der Waals surface area contributed by atoms with Crippen molar-refractivity contribution in [3.63, 3.8) is 0 Å². The largest absolute Gasteiger partial charge is 0.491 e. The number of hydrogen-bond donors (Lipinski definition) is 1. The van der Waals surface area contributed by atoms with Gasteiger partial charge in [0.05, 0.1) is 6.61 Å². The molecule has 1 unspecified atom stereocenters. The van der Waals surface area contributed by atoms with E-state index < -0.39 is 0 Å². The Labute approximate surface area is 140 Å². The Hall–Kier alpha value is -0.810. The third kappa shape index (κ3) is 5.43. The fraction of sp³-hybridized carbons (Fsp3) is 0.647. The Kier molecular flexibility index (Phi) is 7.63. The predicted octanol–water partition coefficient (Wildman–Crippen LogP) is 2.69. The van der Waals surface area contributed by atoms with Gasteiger partial charge in [-0.3, -0.25) is 4.90 Å². The zero-order valence-electron chi connectivity index (χ0n) is 13.9. The van der Waals surface area contributed by atoms with E-state index in [-0.39, 0.29) is 17.8 Å². The van der Waals surface area contributed by atoms with Gasteiger partial charge in [-0.2, -0.15) is 0 Å². The van der Waals surface area contributed by atoms with Crippen LogP contribution in [0.15, 0.2) is 24.3 Å². The zero-order valence-corrected chi connectivity index (χ0v) is 14.7. The number of hydrogen-bond acceptors (Lipinski definition) is 4. The summed E-state index contributed by atoms with van der Waals surface area (Å²) in [6.07, 6.45) is 1.07. The molecule has 1 saturated heterocycles. The number of nitrogens with zero attached hydrogens (tertiary/aromatic N) is 1. The van der Waals surface area contributed by atoms with Gasteiger partial charge in [0, 0.05) is 32.8 Å². The molecule has 22 heavy (non-hydrogen) atoms. The van der Waals surface area contributed by atoms with Crippen LogP contribution < -0.4 is 10.5 Å². The van der Waals surface area contributed by atoms with E-state index in [9.17, 15) is 0 Å². The summed E-state index contributed by atoms with van der Waals surface area (Å²) in [5.41, 5.74) is 7.71. The molecule has 1 aromatic carbocycles. The highest BCUT2D eigenvalue weighted by Gasteiger charge is 2.33. The number of nitrogens with two attached hydrogens (primary N) is 1. The van der Waals surface area contributed by atoms with Crippen LogP contribution in [0.3, 0.4) is 0 Å². The minimum Gasteiger partial charge on any atom is -0.491 e. The summed E-state index contributed by atoms with van der Waals surface area (Å²) < 4.78 is 10.6. The maximum absolute atomic E-state index is 6.19. The first-order valence-electron chi connectivity index (χ1n) is 7.70. The zero-order chi connectivity index (χ0) is 15.3. The maximum Gasteiger partial charge on any atom is 0.119 e. The summed E-state index contributed by atoms with van der Waals surface area (Å²) in [7, 11) is 1.68. The van der Waals surface area contributed by atoms with Crippen LogP contribution in [0, 0.1) is 5.41 Å². The van der Waals surface area contributed by atoms with Gasteiger partial charge in [-0.05, 0) is 29.5 Å². The van der Waals surface area contributed by atoms with Crippen LogP contribution in [0.25, 0.3) is 0 Å². The lowest BCUT2D eigenvalue weighted by molar-refractivity contribution is 0.0898. The molecule has 1 heterocycles. The molecule has 1 aliphatic heterocycles. The molecule has 2 N–H and O–H groups in total. The number of methoxy groups -OCH3 is 1. The average molecular weight is 329 g/mol. The number of benzene rings is 1. The van der Waals surface area contributed by atoms with Crippen molar-refractivity contribution < 1.29 is 9.47 Å². The highest BCUT2D eigenvalue weighted by molar-refractivity contribution is 5.85. The maximum atomic E-state index is 6.19. The molecule has 0 saturated carbocycles. The van der Waals surface area contributed by atoms with E-state index in [1.807, 2.05) is 12.1 Å². The van der Waals surface area contributed by atoms with Gasteiger partial charge in [0.25, 0.3) is 0 Å². The van der Waals surface area contributed by atoms with Crippen LogP contribution in [0.1, 0.15) is 25.8 Å². The molecular formula is C17H29ClN2O2. The van der Waals surface area contributed by atoms with Crippen molar-refractivity contribution in [1.82, 2.24) is 4.90 Å². The van der Waals surface area contributed by atoms with Crippen molar-refractivity contribution in [2.24, 2.45) is 11.1 Å². The lowest BCUT2D eigenvalue weighted by atomic mass is 9.79. The summed E-state index contributed by atoms with van der Waals surface area (Å²) in [5.74, 6) is 0.900. The first kappa shape index (κ1) is 19.2.